The standard InChI is InChI=1S/C11H20F3NS/c1-9(4-2-6-11(12,13)14)15-10-5-3-7-16-8-10/h9-10,15H,2-8H2,1H3. The van der Waals surface area contributed by atoms with E-state index in [9.17, 15) is 13.2 Å². The van der Waals surface area contributed by atoms with Crippen LogP contribution in [0, 0.1) is 0 Å². The minimum Gasteiger partial charge on any atom is -0.311 e. The Morgan fingerprint density at radius 3 is 2.75 bits per heavy atom. The molecule has 1 aliphatic heterocycles. The molecule has 0 amide bonds. The van der Waals surface area contributed by atoms with Crippen LogP contribution in [0.15, 0.2) is 0 Å². The van der Waals surface area contributed by atoms with Gasteiger partial charge in [0.25, 0.3) is 0 Å². The summed E-state index contributed by atoms with van der Waals surface area (Å²) in [6.07, 6.45) is -1.43. The first-order valence-corrected chi connectivity index (χ1v) is 7.03. The summed E-state index contributed by atoms with van der Waals surface area (Å²) in [5, 5.41) is 3.42. The average Bonchev–Trinajstić information content (AvgIpc) is 2.17. The van der Waals surface area contributed by atoms with Gasteiger partial charge in [-0.1, -0.05) is 0 Å². The Bertz CT molecular complexity index is 190. The lowest BCUT2D eigenvalue weighted by Gasteiger charge is -2.26. The third-order valence-electron chi connectivity index (χ3n) is 2.78. The lowest BCUT2D eigenvalue weighted by Crippen LogP contribution is -2.39. The third-order valence-corrected chi connectivity index (χ3v) is 3.99. The van der Waals surface area contributed by atoms with Gasteiger partial charge in [-0.25, -0.2) is 0 Å². The van der Waals surface area contributed by atoms with Crippen LogP contribution in [0.1, 0.15) is 39.0 Å². The van der Waals surface area contributed by atoms with Gasteiger partial charge in [0.1, 0.15) is 0 Å². The fraction of sp³-hybridized carbons (Fsp3) is 1.00. The molecule has 1 aliphatic rings. The van der Waals surface area contributed by atoms with E-state index in [1.807, 2.05) is 18.7 Å². The molecule has 0 bridgehead atoms. The molecule has 2 unspecified atom stereocenters. The molecule has 16 heavy (non-hydrogen) atoms. The molecule has 0 aromatic heterocycles. The summed E-state index contributed by atoms with van der Waals surface area (Å²) in [4.78, 5) is 0. The molecule has 1 rings (SSSR count). The molecule has 96 valence electrons. The highest BCUT2D eigenvalue weighted by atomic mass is 32.2. The van der Waals surface area contributed by atoms with Crippen LogP contribution < -0.4 is 5.32 Å². The van der Waals surface area contributed by atoms with Gasteiger partial charge in [0.2, 0.25) is 0 Å². The van der Waals surface area contributed by atoms with Crippen LogP contribution in [0.2, 0.25) is 0 Å². The van der Waals surface area contributed by atoms with Gasteiger partial charge >= 0.3 is 6.18 Å². The van der Waals surface area contributed by atoms with Gasteiger partial charge in [0.05, 0.1) is 0 Å². The van der Waals surface area contributed by atoms with Crippen molar-refractivity contribution in [2.75, 3.05) is 11.5 Å². The fourth-order valence-corrected chi connectivity index (χ4v) is 3.05. The van der Waals surface area contributed by atoms with Crippen molar-refractivity contribution in [3.63, 3.8) is 0 Å². The number of alkyl halides is 3. The van der Waals surface area contributed by atoms with E-state index in [1.54, 1.807) is 0 Å². The molecule has 0 radical (unpaired) electrons. The minimum atomic E-state index is -4.00. The number of hydrogen-bond acceptors (Lipinski definition) is 2. The third kappa shape index (κ3) is 6.63. The highest BCUT2D eigenvalue weighted by Crippen LogP contribution is 2.23. The van der Waals surface area contributed by atoms with Gasteiger partial charge in [0, 0.05) is 24.3 Å². The van der Waals surface area contributed by atoms with Gasteiger partial charge < -0.3 is 5.32 Å². The second kappa shape index (κ2) is 6.74. The fourth-order valence-electron chi connectivity index (χ4n) is 1.97. The molecule has 0 spiro atoms. The maximum atomic E-state index is 11.9. The van der Waals surface area contributed by atoms with E-state index < -0.39 is 12.6 Å². The van der Waals surface area contributed by atoms with Crippen LogP contribution in [-0.4, -0.2) is 29.8 Å². The van der Waals surface area contributed by atoms with Gasteiger partial charge in [0.15, 0.2) is 0 Å². The summed E-state index contributed by atoms with van der Waals surface area (Å²) in [6, 6.07) is 0.700. The normalized spacial score (nSPS) is 24.4. The maximum Gasteiger partial charge on any atom is 0.389 e. The Morgan fingerprint density at radius 1 is 1.44 bits per heavy atom. The monoisotopic (exact) mass is 255 g/mol. The van der Waals surface area contributed by atoms with Crippen LogP contribution >= 0.6 is 11.8 Å². The predicted molar refractivity (Wildman–Crippen MR) is 62.9 cm³/mol. The first-order chi connectivity index (χ1) is 7.47. The number of halogens is 3. The zero-order valence-corrected chi connectivity index (χ0v) is 10.5. The molecule has 1 nitrogen and oxygen atoms in total. The van der Waals surface area contributed by atoms with Crippen LogP contribution in [0.3, 0.4) is 0 Å². The quantitative estimate of drug-likeness (QED) is 0.805. The van der Waals surface area contributed by atoms with Crippen molar-refractivity contribution in [3.8, 4) is 0 Å². The van der Waals surface area contributed by atoms with Crippen molar-refractivity contribution in [1.29, 1.82) is 0 Å². The average molecular weight is 255 g/mol. The molecule has 0 aromatic rings. The van der Waals surface area contributed by atoms with Gasteiger partial charge in [-0.05, 0) is 38.4 Å². The number of hydrogen-bond donors (Lipinski definition) is 1. The number of nitrogens with one attached hydrogen (secondary N) is 1. The first-order valence-electron chi connectivity index (χ1n) is 5.88. The molecule has 5 heteroatoms. The van der Waals surface area contributed by atoms with E-state index in [0.717, 1.165) is 12.2 Å². The Morgan fingerprint density at radius 2 is 2.19 bits per heavy atom. The van der Waals surface area contributed by atoms with E-state index in [-0.39, 0.29) is 12.5 Å². The van der Waals surface area contributed by atoms with E-state index in [4.69, 9.17) is 0 Å². The van der Waals surface area contributed by atoms with E-state index in [1.165, 1.54) is 12.2 Å². The Kier molecular flexibility index (Phi) is 5.97. The smallest absolute Gasteiger partial charge is 0.311 e. The summed E-state index contributed by atoms with van der Waals surface area (Å²) in [5.74, 6) is 2.32. The summed E-state index contributed by atoms with van der Waals surface area (Å²) >= 11 is 1.93. The van der Waals surface area contributed by atoms with Gasteiger partial charge in [-0.2, -0.15) is 24.9 Å². The van der Waals surface area contributed by atoms with Crippen molar-refractivity contribution in [3.05, 3.63) is 0 Å². The number of rotatable bonds is 5. The van der Waals surface area contributed by atoms with Crippen molar-refractivity contribution < 1.29 is 13.2 Å². The zero-order valence-electron chi connectivity index (χ0n) is 9.65. The first kappa shape index (κ1) is 14.2. The van der Waals surface area contributed by atoms with Crippen LogP contribution in [0.5, 0.6) is 0 Å². The van der Waals surface area contributed by atoms with E-state index >= 15 is 0 Å². The molecule has 0 aromatic carbocycles. The van der Waals surface area contributed by atoms with Crippen LogP contribution in [-0.2, 0) is 0 Å². The van der Waals surface area contributed by atoms with Crippen molar-refractivity contribution in [1.82, 2.24) is 5.32 Å². The minimum absolute atomic E-state index is 0.200. The molecule has 1 saturated heterocycles. The molecular formula is C11H20F3NS. The summed E-state index contributed by atoms with van der Waals surface area (Å²) in [7, 11) is 0. The van der Waals surface area contributed by atoms with Crippen molar-refractivity contribution in [2.45, 2.75) is 57.3 Å². The molecule has 1 N–H and O–H groups in total. The molecule has 0 aliphatic carbocycles. The largest absolute Gasteiger partial charge is 0.389 e. The SMILES string of the molecule is CC(CCCC(F)(F)F)NC1CCCSC1. The summed E-state index contributed by atoms with van der Waals surface area (Å²) in [5.41, 5.74) is 0. The molecule has 2 atom stereocenters. The van der Waals surface area contributed by atoms with Gasteiger partial charge in [-0.3, -0.25) is 0 Å². The van der Waals surface area contributed by atoms with Crippen LogP contribution in [0.4, 0.5) is 13.2 Å². The highest BCUT2D eigenvalue weighted by Gasteiger charge is 2.26. The summed E-state index contributed by atoms with van der Waals surface area (Å²) in [6.45, 7) is 1.98. The maximum absolute atomic E-state index is 11.9. The Labute approximate surface area is 99.6 Å². The topological polar surface area (TPSA) is 12.0 Å². The molecular weight excluding hydrogens is 235 g/mol. The van der Waals surface area contributed by atoms with E-state index in [0.29, 0.717) is 12.5 Å². The lowest BCUT2D eigenvalue weighted by atomic mass is 10.1. The zero-order chi connectivity index (χ0) is 12.0. The van der Waals surface area contributed by atoms with Crippen LogP contribution in [0.25, 0.3) is 0 Å². The van der Waals surface area contributed by atoms with Crippen molar-refractivity contribution >= 4 is 11.8 Å². The molecule has 0 saturated carbocycles. The van der Waals surface area contributed by atoms with E-state index in [2.05, 4.69) is 5.32 Å². The van der Waals surface area contributed by atoms with Crippen molar-refractivity contribution in [2.24, 2.45) is 0 Å². The second-order valence-corrected chi connectivity index (χ2v) is 5.64. The Balaban J connectivity index is 2.08. The Hall–Kier alpha value is 0.100. The number of thioether (sulfide) groups is 1. The molecule has 1 heterocycles. The molecule has 1 fully saturated rings. The summed E-state index contributed by atoms with van der Waals surface area (Å²) < 4.78 is 35.8. The lowest BCUT2D eigenvalue weighted by molar-refractivity contribution is -0.135. The second-order valence-electron chi connectivity index (χ2n) is 4.49. The predicted octanol–water partition coefficient (Wildman–Crippen LogP) is 3.59. The van der Waals surface area contributed by atoms with Gasteiger partial charge in [-0.15, -0.1) is 0 Å². The highest BCUT2D eigenvalue weighted by molar-refractivity contribution is 7.99.